The average Bonchev–Trinajstić information content (AvgIpc) is 2.75. The SMILES string of the molecule is CNC(=O)CN(C)C(=O)CN1c2ccccc2C[C@@H]1C. The fraction of sp³-hybridized carbons (Fsp3) is 0.467. The van der Waals surface area contributed by atoms with Gasteiger partial charge < -0.3 is 15.1 Å². The number of likely N-dealkylation sites (N-methyl/N-ethyl adjacent to an activating group) is 2. The largest absolute Gasteiger partial charge is 0.359 e. The Hall–Kier alpha value is -2.04. The van der Waals surface area contributed by atoms with Crippen LogP contribution in [0.15, 0.2) is 24.3 Å². The van der Waals surface area contributed by atoms with E-state index in [-0.39, 0.29) is 18.4 Å². The van der Waals surface area contributed by atoms with Crippen LogP contribution in [0, 0.1) is 0 Å². The monoisotopic (exact) mass is 275 g/mol. The van der Waals surface area contributed by atoms with Gasteiger partial charge in [0.05, 0.1) is 13.1 Å². The highest BCUT2D eigenvalue weighted by molar-refractivity contribution is 5.87. The van der Waals surface area contributed by atoms with Gasteiger partial charge in [-0.25, -0.2) is 0 Å². The molecule has 0 fully saturated rings. The predicted molar refractivity (Wildman–Crippen MR) is 78.7 cm³/mol. The van der Waals surface area contributed by atoms with Crippen LogP contribution >= 0.6 is 0 Å². The molecule has 1 aromatic carbocycles. The van der Waals surface area contributed by atoms with Gasteiger partial charge in [0.25, 0.3) is 0 Å². The number of nitrogens with one attached hydrogen (secondary N) is 1. The van der Waals surface area contributed by atoms with Crippen LogP contribution < -0.4 is 10.2 Å². The van der Waals surface area contributed by atoms with Crippen molar-refractivity contribution in [3.05, 3.63) is 29.8 Å². The number of carbonyl (C=O) groups excluding carboxylic acids is 2. The zero-order valence-electron chi connectivity index (χ0n) is 12.2. The maximum Gasteiger partial charge on any atom is 0.242 e. The highest BCUT2D eigenvalue weighted by Gasteiger charge is 2.28. The third-order valence-electron chi connectivity index (χ3n) is 3.74. The Balaban J connectivity index is 2.03. The molecule has 1 heterocycles. The Kier molecular flexibility index (Phi) is 4.27. The number of hydrogen-bond acceptors (Lipinski definition) is 3. The van der Waals surface area contributed by atoms with Crippen molar-refractivity contribution in [1.82, 2.24) is 10.2 Å². The minimum Gasteiger partial charge on any atom is -0.359 e. The second-order valence-corrected chi connectivity index (χ2v) is 5.23. The lowest BCUT2D eigenvalue weighted by atomic mass is 10.1. The molecule has 0 saturated carbocycles. The molecular formula is C15H21N3O2. The summed E-state index contributed by atoms with van der Waals surface area (Å²) >= 11 is 0. The molecule has 0 bridgehead atoms. The second kappa shape index (κ2) is 5.94. The van der Waals surface area contributed by atoms with Crippen molar-refractivity contribution in [2.75, 3.05) is 32.1 Å². The number of para-hydroxylation sites is 1. The van der Waals surface area contributed by atoms with Gasteiger partial charge in [0.15, 0.2) is 0 Å². The molecule has 2 rings (SSSR count). The first kappa shape index (κ1) is 14.4. The summed E-state index contributed by atoms with van der Waals surface area (Å²) in [5.41, 5.74) is 2.41. The molecule has 1 aliphatic heterocycles. The van der Waals surface area contributed by atoms with Crippen molar-refractivity contribution in [3.8, 4) is 0 Å². The molecule has 0 radical (unpaired) electrons. The van der Waals surface area contributed by atoms with E-state index in [1.807, 2.05) is 18.2 Å². The van der Waals surface area contributed by atoms with E-state index >= 15 is 0 Å². The van der Waals surface area contributed by atoms with Crippen LogP contribution in [0.25, 0.3) is 0 Å². The van der Waals surface area contributed by atoms with Gasteiger partial charge in [-0.3, -0.25) is 9.59 Å². The van der Waals surface area contributed by atoms with Gasteiger partial charge in [0.1, 0.15) is 0 Å². The minimum atomic E-state index is -0.157. The predicted octanol–water partition coefficient (Wildman–Crippen LogP) is 0.642. The summed E-state index contributed by atoms with van der Waals surface area (Å²) < 4.78 is 0. The lowest BCUT2D eigenvalue weighted by Crippen LogP contribution is -2.44. The van der Waals surface area contributed by atoms with Gasteiger partial charge in [-0.1, -0.05) is 18.2 Å². The number of rotatable bonds is 4. The van der Waals surface area contributed by atoms with Crippen LogP contribution in [0.2, 0.25) is 0 Å². The standard InChI is InChI=1S/C15H21N3O2/c1-11-8-12-6-4-5-7-13(12)18(11)10-15(20)17(3)9-14(19)16-2/h4-7,11H,8-10H2,1-3H3,(H,16,19)/t11-/m0/s1. The van der Waals surface area contributed by atoms with Crippen LogP contribution in [-0.2, 0) is 16.0 Å². The van der Waals surface area contributed by atoms with Gasteiger partial charge in [-0.15, -0.1) is 0 Å². The van der Waals surface area contributed by atoms with Crippen molar-refractivity contribution < 1.29 is 9.59 Å². The molecule has 0 saturated heterocycles. The van der Waals surface area contributed by atoms with E-state index in [9.17, 15) is 9.59 Å². The summed E-state index contributed by atoms with van der Waals surface area (Å²) in [7, 11) is 3.23. The summed E-state index contributed by atoms with van der Waals surface area (Å²) in [5, 5.41) is 2.52. The molecule has 5 nitrogen and oxygen atoms in total. The molecule has 1 aromatic rings. The number of anilines is 1. The lowest BCUT2D eigenvalue weighted by Gasteiger charge is -2.26. The Labute approximate surface area is 119 Å². The number of fused-ring (bicyclic) bond motifs is 1. The quantitative estimate of drug-likeness (QED) is 0.877. The summed E-state index contributed by atoms with van der Waals surface area (Å²) in [4.78, 5) is 27.1. The van der Waals surface area contributed by atoms with Crippen molar-refractivity contribution >= 4 is 17.5 Å². The molecule has 108 valence electrons. The zero-order valence-corrected chi connectivity index (χ0v) is 12.2. The molecular weight excluding hydrogens is 254 g/mol. The van der Waals surface area contributed by atoms with Gasteiger partial charge in [0.2, 0.25) is 11.8 Å². The number of benzene rings is 1. The highest BCUT2D eigenvalue weighted by atomic mass is 16.2. The summed E-state index contributed by atoms with van der Waals surface area (Å²) in [6.45, 7) is 2.52. The number of carbonyl (C=O) groups is 2. The molecule has 2 amide bonds. The van der Waals surface area contributed by atoms with Crippen molar-refractivity contribution in [2.24, 2.45) is 0 Å². The molecule has 1 aliphatic rings. The van der Waals surface area contributed by atoms with E-state index in [0.717, 1.165) is 12.1 Å². The first-order valence-electron chi connectivity index (χ1n) is 6.82. The molecule has 1 atom stereocenters. The number of amides is 2. The molecule has 0 aliphatic carbocycles. The molecule has 0 unspecified atom stereocenters. The van der Waals surface area contributed by atoms with Crippen molar-refractivity contribution in [1.29, 1.82) is 0 Å². The lowest BCUT2D eigenvalue weighted by molar-refractivity contribution is -0.133. The van der Waals surface area contributed by atoms with Crippen molar-refractivity contribution in [3.63, 3.8) is 0 Å². The third-order valence-corrected chi connectivity index (χ3v) is 3.74. The number of nitrogens with zero attached hydrogens (tertiary/aromatic N) is 2. The smallest absolute Gasteiger partial charge is 0.242 e. The average molecular weight is 275 g/mol. The van der Waals surface area contributed by atoms with Gasteiger partial charge in [-0.05, 0) is 25.0 Å². The molecule has 0 spiro atoms. The Morgan fingerprint density at radius 3 is 2.80 bits per heavy atom. The van der Waals surface area contributed by atoms with E-state index in [1.54, 1.807) is 14.1 Å². The van der Waals surface area contributed by atoms with Gasteiger partial charge in [0, 0.05) is 25.8 Å². The molecule has 1 N–H and O–H groups in total. The van der Waals surface area contributed by atoms with Gasteiger partial charge in [-0.2, -0.15) is 0 Å². The van der Waals surface area contributed by atoms with Crippen LogP contribution in [0.3, 0.4) is 0 Å². The Morgan fingerprint density at radius 2 is 2.10 bits per heavy atom. The van der Waals surface area contributed by atoms with Crippen LogP contribution in [-0.4, -0.2) is 49.9 Å². The number of hydrogen-bond donors (Lipinski definition) is 1. The normalized spacial score (nSPS) is 16.8. The van der Waals surface area contributed by atoms with E-state index in [0.29, 0.717) is 12.6 Å². The summed E-state index contributed by atoms with van der Waals surface area (Å²) in [5.74, 6) is -0.201. The topological polar surface area (TPSA) is 52.7 Å². The van der Waals surface area contributed by atoms with Crippen LogP contribution in [0.5, 0.6) is 0 Å². The Morgan fingerprint density at radius 1 is 1.40 bits per heavy atom. The van der Waals surface area contributed by atoms with Gasteiger partial charge >= 0.3 is 0 Å². The fourth-order valence-electron chi connectivity index (χ4n) is 2.52. The van der Waals surface area contributed by atoms with Crippen LogP contribution in [0.4, 0.5) is 5.69 Å². The molecule has 20 heavy (non-hydrogen) atoms. The maximum atomic E-state index is 12.2. The van der Waals surface area contributed by atoms with E-state index in [2.05, 4.69) is 23.2 Å². The second-order valence-electron chi connectivity index (χ2n) is 5.23. The first-order valence-corrected chi connectivity index (χ1v) is 6.82. The fourth-order valence-corrected chi connectivity index (χ4v) is 2.52. The summed E-state index contributed by atoms with van der Waals surface area (Å²) in [6.07, 6.45) is 0.961. The maximum absolute atomic E-state index is 12.2. The zero-order chi connectivity index (χ0) is 14.7. The minimum absolute atomic E-state index is 0.0443. The first-order chi connectivity index (χ1) is 9.52. The highest BCUT2D eigenvalue weighted by Crippen LogP contribution is 2.31. The van der Waals surface area contributed by atoms with Crippen molar-refractivity contribution in [2.45, 2.75) is 19.4 Å². The summed E-state index contributed by atoms with van der Waals surface area (Å²) in [6, 6.07) is 8.47. The third kappa shape index (κ3) is 2.92. The Bertz CT molecular complexity index is 516. The molecule has 5 heteroatoms. The van der Waals surface area contributed by atoms with E-state index in [1.165, 1.54) is 10.5 Å². The molecule has 0 aromatic heterocycles. The van der Waals surface area contributed by atoms with E-state index < -0.39 is 0 Å². The van der Waals surface area contributed by atoms with Crippen LogP contribution in [0.1, 0.15) is 12.5 Å². The van der Waals surface area contributed by atoms with E-state index in [4.69, 9.17) is 0 Å².